The van der Waals surface area contributed by atoms with Crippen LogP contribution < -0.4 is 10.6 Å². The summed E-state index contributed by atoms with van der Waals surface area (Å²) in [6.07, 6.45) is 5.76. The molecule has 1 saturated heterocycles. The number of nitrogens with zero attached hydrogens (tertiary/aromatic N) is 1. The van der Waals surface area contributed by atoms with Crippen LogP contribution in [0.15, 0.2) is 0 Å². The van der Waals surface area contributed by atoms with Crippen molar-refractivity contribution in [3.05, 3.63) is 0 Å². The normalized spacial score (nSPS) is 24.5. The molecule has 0 bridgehead atoms. The second-order valence-corrected chi connectivity index (χ2v) is 6.75. The average Bonchev–Trinajstić information content (AvgIpc) is 2.61. The quantitative estimate of drug-likeness (QED) is 0.624. The van der Waals surface area contributed by atoms with Gasteiger partial charge in [0, 0.05) is 25.6 Å². The fourth-order valence-corrected chi connectivity index (χ4v) is 3.57. The standard InChI is InChI=1S/C17H29N3O5/c1-25-16(23)15-13(21)8-5-11-20(15)14(22)9-10-18-17(24)19-12-6-3-2-4-7-12/h12-13,15,21H,2-11H2,1H3,(H2,18,19,24)/t13-,15+/m1/s1. The number of nitrogens with one attached hydrogen (secondary N) is 2. The molecule has 0 aromatic rings. The van der Waals surface area contributed by atoms with E-state index in [0.717, 1.165) is 25.7 Å². The summed E-state index contributed by atoms with van der Waals surface area (Å²) in [6.45, 7) is 0.599. The zero-order valence-corrected chi connectivity index (χ0v) is 14.8. The smallest absolute Gasteiger partial charge is 0.331 e. The molecule has 3 amide bonds. The van der Waals surface area contributed by atoms with Crippen LogP contribution in [0.1, 0.15) is 51.4 Å². The Kier molecular flexibility index (Phi) is 7.49. The van der Waals surface area contributed by atoms with Gasteiger partial charge in [-0.05, 0) is 25.7 Å². The third kappa shape index (κ3) is 5.59. The molecule has 1 aliphatic carbocycles. The molecule has 1 heterocycles. The molecule has 0 aromatic carbocycles. The number of aliphatic hydroxyl groups is 1. The molecule has 0 unspecified atom stereocenters. The Balaban J connectivity index is 1.76. The fraction of sp³-hybridized carbons (Fsp3) is 0.824. The van der Waals surface area contributed by atoms with Gasteiger partial charge in [-0.25, -0.2) is 9.59 Å². The van der Waals surface area contributed by atoms with Crippen molar-refractivity contribution in [2.24, 2.45) is 0 Å². The van der Waals surface area contributed by atoms with Crippen LogP contribution in [0, 0.1) is 0 Å². The number of ether oxygens (including phenoxy) is 1. The largest absolute Gasteiger partial charge is 0.467 e. The van der Waals surface area contributed by atoms with E-state index in [1.54, 1.807) is 0 Å². The van der Waals surface area contributed by atoms with Gasteiger partial charge in [0.25, 0.3) is 0 Å². The summed E-state index contributed by atoms with van der Waals surface area (Å²) < 4.78 is 4.70. The third-order valence-corrected chi connectivity index (χ3v) is 4.93. The average molecular weight is 355 g/mol. The van der Waals surface area contributed by atoms with Crippen molar-refractivity contribution in [1.82, 2.24) is 15.5 Å². The monoisotopic (exact) mass is 355 g/mol. The number of likely N-dealkylation sites (tertiary alicyclic amines) is 1. The molecule has 2 fully saturated rings. The Bertz CT molecular complexity index is 479. The molecular formula is C17H29N3O5. The molecule has 2 aliphatic rings. The predicted octanol–water partition coefficient (Wildman–Crippen LogP) is 0.533. The summed E-state index contributed by atoms with van der Waals surface area (Å²) in [7, 11) is 1.24. The van der Waals surface area contributed by atoms with Crippen LogP contribution in [0.25, 0.3) is 0 Å². The molecule has 0 spiro atoms. The van der Waals surface area contributed by atoms with E-state index < -0.39 is 18.1 Å². The molecule has 8 nitrogen and oxygen atoms in total. The first-order valence-electron chi connectivity index (χ1n) is 9.12. The van der Waals surface area contributed by atoms with E-state index in [2.05, 4.69) is 10.6 Å². The number of esters is 1. The zero-order valence-electron chi connectivity index (χ0n) is 14.8. The van der Waals surface area contributed by atoms with Crippen molar-refractivity contribution in [2.75, 3.05) is 20.2 Å². The topological polar surface area (TPSA) is 108 Å². The Morgan fingerprint density at radius 2 is 1.84 bits per heavy atom. The molecule has 2 atom stereocenters. The highest BCUT2D eigenvalue weighted by atomic mass is 16.5. The summed E-state index contributed by atoms with van der Waals surface area (Å²) in [5, 5.41) is 15.6. The lowest BCUT2D eigenvalue weighted by Gasteiger charge is -2.37. The van der Waals surface area contributed by atoms with Crippen molar-refractivity contribution in [3.63, 3.8) is 0 Å². The lowest BCUT2D eigenvalue weighted by atomic mass is 9.96. The van der Waals surface area contributed by atoms with Gasteiger partial charge in [-0.3, -0.25) is 4.79 Å². The van der Waals surface area contributed by atoms with Gasteiger partial charge in [0.2, 0.25) is 5.91 Å². The van der Waals surface area contributed by atoms with Gasteiger partial charge >= 0.3 is 12.0 Å². The number of hydrogen-bond donors (Lipinski definition) is 3. The number of rotatable bonds is 5. The molecule has 8 heteroatoms. The summed E-state index contributed by atoms with van der Waals surface area (Å²) in [5.74, 6) is -0.879. The van der Waals surface area contributed by atoms with Gasteiger partial charge in [0.1, 0.15) is 0 Å². The van der Waals surface area contributed by atoms with E-state index in [1.807, 2.05) is 0 Å². The van der Waals surface area contributed by atoms with Crippen molar-refractivity contribution >= 4 is 17.9 Å². The van der Waals surface area contributed by atoms with Crippen LogP contribution in [-0.4, -0.2) is 66.3 Å². The number of carbonyl (C=O) groups is 3. The Morgan fingerprint density at radius 3 is 2.52 bits per heavy atom. The van der Waals surface area contributed by atoms with Crippen LogP contribution in [0.2, 0.25) is 0 Å². The van der Waals surface area contributed by atoms with Crippen LogP contribution >= 0.6 is 0 Å². The van der Waals surface area contributed by atoms with Crippen LogP contribution in [0.3, 0.4) is 0 Å². The van der Waals surface area contributed by atoms with E-state index in [9.17, 15) is 19.5 Å². The first kappa shape index (κ1) is 19.5. The van der Waals surface area contributed by atoms with Crippen LogP contribution in [0.4, 0.5) is 4.79 Å². The van der Waals surface area contributed by atoms with Gasteiger partial charge in [-0.15, -0.1) is 0 Å². The van der Waals surface area contributed by atoms with E-state index in [-0.39, 0.29) is 30.9 Å². The maximum Gasteiger partial charge on any atom is 0.331 e. The maximum atomic E-state index is 12.4. The zero-order chi connectivity index (χ0) is 18.2. The third-order valence-electron chi connectivity index (χ3n) is 4.93. The second kappa shape index (κ2) is 9.60. The molecule has 0 aromatic heterocycles. The molecule has 1 aliphatic heterocycles. The first-order valence-corrected chi connectivity index (χ1v) is 9.12. The number of methoxy groups -OCH3 is 1. The highest BCUT2D eigenvalue weighted by Crippen LogP contribution is 2.20. The molecular weight excluding hydrogens is 326 g/mol. The van der Waals surface area contributed by atoms with Crippen molar-refractivity contribution in [2.45, 2.75) is 69.6 Å². The molecule has 142 valence electrons. The van der Waals surface area contributed by atoms with Crippen molar-refractivity contribution in [1.29, 1.82) is 0 Å². The number of urea groups is 1. The molecule has 1 saturated carbocycles. The lowest BCUT2D eigenvalue weighted by Crippen LogP contribution is -2.55. The summed E-state index contributed by atoms with van der Waals surface area (Å²) in [5.41, 5.74) is 0. The fourth-order valence-electron chi connectivity index (χ4n) is 3.57. The van der Waals surface area contributed by atoms with Gasteiger partial charge in [0.15, 0.2) is 6.04 Å². The minimum absolute atomic E-state index is 0.0816. The molecule has 0 radical (unpaired) electrons. The van der Waals surface area contributed by atoms with Crippen molar-refractivity contribution < 1.29 is 24.2 Å². The van der Waals surface area contributed by atoms with Crippen LogP contribution in [-0.2, 0) is 14.3 Å². The highest BCUT2D eigenvalue weighted by Gasteiger charge is 2.38. The van der Waals surface area contributed by atoms with E-state index >= 15 is 0 Å². The molecule has 3 N–H and O–H groups in total. The number of carbonyl (C=O) groups excluding carboxylic acids is 3. The van der Waals surface area contributed by atoms with Crippen LogP contribution in [0.5, 0.6) is 0 Å². The lowest BCUT2D eigenvalue weighted by molar-refractivity contribution is -0.161. The second-order valence-electron chi connectivity index (χ2n) is 6.75. The minimum Gasteiger partial charge on any atom is -0.467 e. The number of aliphatic hydroxyl groups excluding tert-OH is 1. The molecule has 25 heavy (non-hydrogen) atoms. The minimum atomic E-state index is -0.956. The number of hydrogen-bond acceptors (Lipinski definition) is 5. The Morgan fingerprint density at radius 1 is 1.12 bits per heavy atom. The Hall–Kier alpha value is -1.83. The predicted molar refractivity (Wildman–Crippen MR) is 90.8 cm³/mol. The van der Waals surface area contributed by atoms with E-state index in [0.29, 0.717) is 19.4 Å². The summed E-state index contributed by atoms with van der Waals surface area (Å²) >= 11 is 0. The van der Waals surface area contributed by atoms with Gasteiger partial charge in [0.05, 0.1) is 13.2 Å². The maximum absolute atomic E-state index is 12.4. The van der Waals surface area contributed by atoms with E-state index in [4.69, 9.17) is 4.74 Å². The number of amides is 3. The van der Waals surface area contributed by atoms with E-state index in [1.165, 1.54) is 18.4 Å². The summed E-state index contributed by atoms with van der Waals surface area (Å²) in [4.78, 5) is 37.5. The van der Waals surface area contributed by atoms with Gasteiger partial charge < -0.3 is 25.4 Å². The van der Waals surface area contributed by atoms with Crippen molar-refractivity contribution in [3.8, 4) is 0 Å². The first-order chi connectivity index (χ1) is 12.0. The summed E-state index contributed by atoms with van der Waals surface area (Å²) in [6, 6.07) is -1.00. The molecule has 2 rings (SSSR count). The number of piperidine rings is 1. The SMILES string of the molecule is COC(=O)[C@@H]1[C@H](O)CCCN1C(=O)CCNC(=O)NC1CCCCC1. The van der Waals surface area contributed by atoms with Gasteiger partial charge in [-0.2, -0.15) is 0 Å². The highest BCUT2D eigenvalue weighted by molar-refractivity contribution is 5.85. The Labute approximate surface area is 148 Å². The van der Waals surface area contributed by atoms with Gasteiger partial charge in [-0.1, -0.05) is 19.3 Å².